The summed E-state index contributed by atoms with van der Waals surface area (Å²) in [6.07, 6.45) is 0. The average Bonchev–Trinajstić information content (AvgIpc) is 2.18. The van der Waals surface area contributed by atoms with Gasteiger partial charge in [-0.3, -0.25) is 0 Å². The van der Waals surface area contributed by atoms with Crippen LogP contribution in [-0.4, -0.2) is 78.6 Å². The van der Waals surface area contributed by atoms with Crippen molar-refractivity contribution in [2.45, 2.75) is 4.90 Å². The Bertz CT molecular complexity index is 448. The van der Waals surface area contributed by atoms with Gasteiger partial charge in [-0.25, -0.2) is 13.2 Å². The van der Waals surface area contributed by atoms with Gasteiger partial charge < -0.3 is 5.11 Å². The molecule has 1 aromatic carbocycles. The van der Waals surface area contributed by atoms with Crippen LogP contribution in [0.5, 0.6) is 0 Å². The second kappa shape index (κ2) is 8.07. The van der Waals surface area contributed by atoms with Gasteiger partial charge in [0.05, 0.1) is 10.5 Å². The Morgan fingerprint density at radius 1 is 1.19 bits per heavy atom. The van der Waals surface area contributed by atoms with Crippen LogP contribution in [0, 0.1) is 0 Å². The van der Waals surface area contributed by atoms with E-state index in [1.54, 1.807) is 4.24 Å². The number of benzene rings is 1. The van der Waals surface area contributed by atoms with Crippen molar-refractivity contribution in [2.24, 2.45) is 0 Å². The fraction of sp³-hybridized carbons (Fsp3) is 0. The number of rotatable bonds is 3. The number of aromatic carboxylic acids is 1. The van der Waals surface area contributed by atoms with Crippen molar-refractivity contribution in [3.8, 4) is 0 Å². The third-order valence-electron chi connectivity index (χ3n) is 1.51. The normalized spacial score (nSPS) is 9.81. The minimum Gasteiger partial charge on any atom is -0.478 e. The van der Waals surface area contributed by atoms with E-state index in [0.717, 1.165) is 12.1 Å². The van der Waals surface area contributed by atoms with E-state index in [4.69, 9.17) is 16.9 Å². The van der Waals surface area contributed by atoms with Crippen molar-refractivity contribution in [2.75, 3.05) is 0 Å². The maximum Gasteiger partial charge on any atom is 0.335 e. The summed E-state index contributed by atoms with van der Waals surface area (Å²) in [7, 11) is -3.72. The van der Waals surface area contributed by atoms with Crippen molar-refractivity contribution in [3.63, 3.8) is 0 Å². The number of halogens is 1. The minimum absolute atomic E-state index is 0. The molecule has 0 aliphatic heterocycles. The zero-order valence-corrected chi connectivity index (χ0v) is 14.3. The smallest absolute Gasteiger partial charge is 0.335 e. The van der Waals surface area contributed by atoms with E-state index in [2.05, 4.69) is 0 Å². The Balaban J connectivity index is 0. The minimum atomic E-state index is -3.72. The molecule has 0 bridgehead atoms. The summed E-state index contributed by atoms with van der Waals surface area (Å²) in [6.45, 7) is 0. The molecule has 2 radical (unpaired) electrons. The molecule has 16 heavy (non-hydrogen) atoms. The zero-order chi connectivity index (χ0) is 10.8. The predicted molar refractivity (Wildman–Crippen MR) is 61.1 cm³/mol. The van der Waals surface area contributed by atoms with E-state index < -0.39 is 16.0 Å². The number of hydrogen-bond donors (Lipinski definition) is 2. The summed E-state index contributed by atoms with van der Waals surface area (Å²) in [4.78, 5) is 10.4. The number of nitrogens with one attached hydrogen (secondary N) is 1. The Hall–Kier alpha value is 0.890. The van der Waals surface area contributed by atoms with Crippen molar-refractivity contribution in [3.05, 3.63) is 29.8 Å². The van der Waals surface area contributed by atoms with Crippen LogP contribution in [0.2, 0.25) is 0 Å². The van der Waals surface area contributed by atoms with E-state index in [0.29, 0.717) is 0 Å². The Morgan fingerprint density at radius 3 is 1.94 bits per heavy atom. The largest absolute Gasteiger partial charge is 0.478 e. The monoisotopic (exact) mass is 281 g/mol. The molecule has 0 unspecified atom stereocenters. The zero-order valence-electron chi connectivity index (χ0n) is 8.77. The predicted octanol–water partition coefficient (Wildman–Crippen LogP) is 0.0553. The fourth-order valence-corrected chi connectivity index (χ4v) is 1.67. The first-order chi connectivity index (χ1) is 6.47. The molecule has 0 aliphatic rings. The molecule has 0 amide bonds. The number of hydrogen-bond acceptors (Lipinski definition) is 3. The summed E-state index contributed by atoms with van der Waals surface area (Å²) in [5.41, 5.74) is 0.0125. The molecular formula is C7H6ClNNa2O4S. The molecule has 0 aromatic heterocycles. The first-order valence-corrected chi connectivity index (χ1v) is 5.29. The second-order valence-electron chi connectivity index (χ2n) is 2.41. The number of sulfonamides is 1. The fourth-order valence-electron chi connectivity index (χ4n) is 0.821. The third kappa shape index (κ3) is 5.03. The Morgan fingerprint density at radius 2 is 1.62 bits per heavy atom. The van der Waals surface area contributed by atoms with Crippen molar-refractivity contribution < 1.29 is 18.3 Å². The topological polar surface area (TPSA) is 83.5 Å². The van der Waals surface area contributed by atoms with Crippen LogP contribution in [0.1, 0.15) is 10.4 Å². The van der Waals surface area contributed by atoms with Crippen LogP contribution >= 0.6 is 11.8 Å². The maximum absolute atomic E-state index is 11.1. The van der Waals surface area contributed by atoms with Crippen molar-refractivity contribution in [1.29, 1.82) is 0 Å². The summed E-state index contributed by atoms with van der Waals surface area (Å²) in [6, 6.07) is 4.69. The van der Waals surface area contributed by atoms with Gasteiger partial charge in [0.1, 0.15) is 0 Å². The first kappa shape index (κ1) is 19.2. The van der Waals surface area contributed by atoms with Crippen LogP contribution in [-0.2, 0) is 10.0 Å². The number of carboxylic acids is 1. The van der Waals surface area contributed by atoms with Crippen molar-refractivity contribution >= 4 is 86.9 Å². The van der Waals surface area contributed by atoms with Gasteiger partial charge in [0, 0.05) is 59.1 Å². The Kier molecular flexibility index (Phi) is 9.71. The number of carboxylic acid groups (broad SMARTS) is 1. The summed E-state index contributed by atoms with van der Waals surface area (Å²) in [5, 5.41) is 8.54. The van der Waals surface area contributed by atoms with Gasteiger partial charge >= 0.3 is 5.97 Å². The molecule has 0 atom stereocenters. The quantitative estimate of drug-likeness (QED) is 0.606. The van der Waals surface area contributed by atoms with E-state index in [-0.39, 0.29) is 69.6 Å². The first-order valence-electron chi connectivity index (χ1n) is 3.43. The SMILES string of the molecule is O=C(O)c1ccc(S(=O)(=O)NCl)cc1.[Na].[Na]. The maximum atomic E-state index is 11.1. The molecular weight excluding hydrogens is 276 g/mol. The van der Waals surface area contributed by atoms with Crippen molar-refractivity contribution in [1.82, 2.24) is 4.24 Å². The van der Waals surface area contributed by atoms with Gasteiger partial charge in [0.15, 0.2) is 0 Å². The van der Waals surface area contributed by atoms with Gasteiger partial charge in [-0.1, -0.05) is 0 Å². The van der Waals surface area contributed by atoms with Crippen LogP contribution in [0.3, 0.4) is 0 Å². The average molecular weight is 282 g/mol. The van der Waals surface area contributed by atoms with Gasteiger partial charge in [-0.2, -0.15) is 0 Å². The third-order valence-corrected chi connectivity index (χ3v) is 3.22. The molecule has 5 nitrogen and oxygen atoms in total. The van der Waals surface area contributed by atoms with Crippen LogP contribution in [0.15, 0.2) is 29.2 Å². The molecule has 1 aromatic rings. The molecule has 9 heteroatoms. The van der Waals surface area contributed by atoms with E-state index >= 15 is 0 Å². The van der Waals surface area contributed by atoms with E-state index in [9.17, 15) is 13.2 Å². The molecule has 0 spiro atoms. The summed E-state index contributed by atoms with van der Waals surface area (Å²) >= 11 is 4.98. The number of carbonyl (C=O) groups is 1. The summed E-state index contributed by atoms with van der Waals surface area (Å²) < 4.78 is 23.8. The van der Waals surface area contributed by atoms with Crippen LogP contribution < -0.4 is 4.24 Å². The summed E-state index contributed by atoms with van der Waals surface area (Å²) in [5.74, 6) is -1.12. The molecule has 0 heterocycles. The van der Waals surface area contributed by atoms with Gasteiger partial charge in [0.2, 0.25) is 0 Å². The van der Waals surface area contributed by atoms with Gasteiger partial charge in [-0.15, -0.1) is 4.24 Å². The molecule has 78 valence electrons. The molecule has 0 saturated carbocycles. The van der Waals surface area contributed by atoms with Gasteiger partial charge in [-0.05, 0) is 36.0 Å². The molecule has 0 fully saturated rings. The van der Waals surface area contributed by atoms with E-state index in [1.807, 2.05) is 0 Å². The standard InChI is InChI=1S/C7H6ClNO4S.2Na/c8-9-14(12,13)6-3-1-5(2-4-6)7(10)11;;/h1-4,9H,(H,10,11);;. The molecule has 2 N–H and O–H groups in total. The van der Waals surface area contributed by atoms with E-state index in [1.165, 1.54) is 12.1 Å². The van der Waals surface area contributed by atoms with Crippen LogP contribution in [0.25, 0.3) is 0 Å². The molecule has 0 saturated heterocycles. The molecule has 0 aliphatic carbocycles. The second-order valence-corrected chi connectivity index (χ2v) is 4.51. The Labute approximate surface area is 142 Å². The van der Waals surface area contributed by atoms with Crippen LogP contribution in [0.4, 0.5) is 0 Å². The molecule has 1 rings (SSSR count). The van der Waals surface area contributed by atoms with Gasteiger partial charge in [0.25, 0.3) is 10.0 Å².